The lowest BCUT2D eigenvalue weighted by atomic mass is 9.97. The van der Waals surface area contributed by atoms with Gasteiger partial charge in [0.25, 0.3) is 0 Å². The van der Waals surface area contributed by atoms with E-state index in [1.165, 1.54) is 32.1 Å². The summed E-state index contributed by atoms with van der Waals surface area (Å²) >= 11 is 0. The van der Waals surface area contributed by atoms with Crippen LogP contribution in [0.15, 0.2) is 0 Å². The molecule has 2 rings (SSSR count). The van der Waals surface area contributed by atoms with E-state index in [1.54, 1.807) is 0 Å². The van der Waals surface area contributed by atoms with Crippen LogP contribution in [0.5, 0.6) is 6.01 Å². The Bertz CT molecular complexity index is 553. The van der Waals surface area contributed by atoms with E-state index in [-0.39, 0.29) is 6.10 Å². The highest BCUT2D eigenvalue weighted by atomic mass is 16.5. The molecule has 1 aliphatic carbocycles. The van der Waals surface area contributed by atoms with Gasteiger partial charge < -0.3 is 30.6 Å². The molecule has 0 spiro atoms. The highest BCUT2D eigenvalue weighted by molar-refractivity contribution is 5.36. The van der Waals surface area contributed by atoms with E-state index >= 15 is 0 Å². The predicted octanol–water partition coefficient (Wildman–Crippen LogP) is 2.59. The average molecular weight is 411 g/mol. The number of hydrogen-bond donors (Lipinski definition) is 3. The van der Waals surface area contributed by atoms with Crippen molar-refractivity contribution in [3.8, 4) is 6.01 Å². The maximum Gasteiger partial charge on any atom is 0.323 e. The third-order valence-corrected chi connectivity index (χ3v) is 4.56. The molecule has 0 radical (unpaired) electrons. The molecule has 1 saturated carbocycles. The zero-order valence-electron chi connectivity index (χ0n) is 18.0. The number of rotatable bonds is 13. The van der Waals surface area contributed by atoms with Crippen molar-refractivity contribution in [1.29, 1.82) is 0 Å². The van der Waals surface area contributed by atoms with Crippen LogP contribution in [-0.2, 0) is 9.47 Å². The van der Waals surface area contributed by atoms with Crippen LogP contribution >= 0.6 is 0 Å². The Kier molecular flexibility index (Phi) is 11.6. The minimum absolute atomic E-state index is 0.00338. The van der Waals surface area contributed by atoms with Gasteiger partial charge in [-0.1, -0.05) is 32.1 Å². The van der Waals surface area contributed by atoms with Crippen LogP contribution in [0, 0.1) is 0 Å². The van der Waals surface area contributed by atoms with Crippen molar-refractivity contribution < 1.29 is 14.2 Å². The Balaban J connectivity index is 1.86. The molecule has 0 atom stereocenters. The third-order valence-electron chi connectivity index (χ3n) is 4.56. The minimum atomic E-state index is -0.00338. The Morgan fingerprint density at radius 1 is 0.897 bits per heavy atom. The van der Waals surface area contributed by atoms with Gasteiger partial charge >= 0.3 is 6.01 Å². The van der Waals surface area contributed by atoms with E-state index in [0.29, 0.717) is 63.5 Å². The van der Waals surface area contributed by atoms with Gasteiger partial charge in [-0.3, -0.25) is 0 Å². The molecular formula is C20H38N6O3. The molecule has 0 amide bonds. The van der Waals surface area contributed by atoms with Gasteiger partial charge in [-0.15, -0.1) is 0 Å². The molecule has 1 aromatic rings. The summed E-state index contributed by atoms with van der Waals surface area (Å²) in [6, 6.07) is 0.733. The molecule has 166 valence electrons. The molecule has 9 nitrogen and oxygen atoms in total. The number of nitrogens with one attached hydrogen (secondary N) is 2. The van der Waals surface area contributed by atoms with E-state index < -0.39 is 0 Å². The van der Waals surface area contributed by atoms with Crippen LogP contribution < -0.4 is 21.1 Å². The van der Waals surface area contributed by atoms with Crippen molar-refractivity contribution in [1.82, 2.24) is 15.0 Å². The number of nitrogens with two attached hydrogens (primary N) is 1. The molecule has 0 bridgehead atoms. The van der Waals surface area contributed by atoms with Gasteiger partial charge in [0.1, 0.15) is 0 Å². The lowest BCUT2D eigenvalue weighted by Crippen LogP contribution is -2.23. The van der Waals surface area contributed by atoms with E-state index in [0.717, 1.165) is 12.8 Å². The Morgan fingerprint density at radius 2 is 1.55 bits per heavy atom. The number of nitrogens with zero attached hydrogens (tertiary/aromatic N) is 3. The Hall–Kier alpha value is -1.71. The lowest BCUT2D eigenvalue weighted by Gasteiger charge is -2.21. The lowest BCUT2D eigenvalue weighted by molar-refractivity contribution is 0.0547. The molecule has 4 N–H and O–H groups in total. The molecule has 0 saturated heterocycles. The van der Waals surface area contributed by atoms with E-state index in [4.69, 9.17) is 19.9 Å². The van der Waals surface area contributed by atoms with Crippen LogP contribution in [-0.4, -0.2) is 66.6 Å². The van der Waals surface area contributed by atoms with Crippen molar-refractivity contribution >= 4 is 11.9 Å². The molecule has 9 heteroatoms. The summed E-state index contributed by atoms with van der Waals surface area (Å²) in [6.07, 6.45) is 8.74. The second-order valence-corrected chi connectivity index (χ2v) is 7.56. The van der Waals surface area contributed by atoms with Crippen molar-refractivity contribution in [2.24, 2.45) is 5.73 Å². The summed E-state index contributed by atoms with van der Waals surface area (Å²) in [5.41, 5.74) is 5.37. The van der Waals surface area contributed by atoms with Crippen LogP contribution in [0.4, 0.5) is 11.9 Å². The standard InChI is InChI=1S/C20H38N6O3/c1-16(2)29-20-25-18(22-11-13-28-15-14-27-12-10-21)24-19(26-20)23-17-8-6-4-3-5-7-9-17/h16-17H,3-15,21H2,1-2H3,(H2,22,23,24,25,26). The first kappa shape index (κ1) is 23.6. The summed E-state index contributed by atoms with van der Waals surface area (Å²) in [4.78, 5) is 13.4. The largest absolute Gasteiger partial charge is 0.461 e. The quantitative estimate of drug-likeness (QED) is 0.422. The molecule has 1 heterocycles. The van der Waals surface area contributed by atoms with E-state index in [9.17, 15) is 0 Å². The van der Waals surface area contributed by atoms with Gasteiger partial charge in [0.05, 0.1) is 32.5 Å². The minimum Gasteiger partial charge on any atom is -0.461 e. The number of aromatic nitrogens is 3. The molecule has 1 aromatic heterocycles. The molecular weight excluding hydrogens is 372 g/mol. The summed E-state index contributed by atoms with van der Waals surface area (Å²) in [6.45, 7) is 7.20. The smallest absolute Gasteiger partial charge is 0.323 e. The van der Waals surface area contributed by atoms with Crippen molar-refractivity contribution in [2.75, 3.05) is 50.2 Å². The maximum absolute atomic E-state index is 5.71. The molecule has 1 aliphatic rings. The summed E-state index contributed by atoms with van der Waals surface area (Å²) in [5.74, 6) is 1.06. The van der Waals surface area contributed by atoms with E-state index in [1.807, 2.05) is 13.8 Å². The molecule has 29 heavy (non-hydrogen) atoms. The fraction of sp³-hybridized carbons (Fsp3) is 0.850. The van der Waals surface area contributed by atoms with Gasteiger partial charge in [0.15, 0.2) is 0 Å². The van der Waals surface area contributed by atoms with Crippen molar-refractivity contribution in [3.05, 3.63) is 0 Å². The number of ether oxygens (including phenoxy) is 3. The average Bonchev–Trinajstić information content (AvgIpc) is 2.65. The van der Waals surface area contributed by atoms with Crippen LogP contribution in [0.25, 0.3) is 0 Å². The SMILES string of the molecule is CC(C)Oc1nc(NCCOCCOCCN)nc(NC2CCCCCCC2)n1. The van der Waals surface area contributed by atoms with Crippen molar-refractivity contribution in [2.45, 2.75) is 70.9 Å². The zero-order valence-corrected chi connectivity index (χ0v) is 18.0. The second kappa shape index (κ2) is 14.3. The van der Waals surface area contributed by atoms with Crippen LogP contribution in [0.3, 0.4) is 0 Å². The second-order valence-electron chi connectivity index (χ2n) is 7.56. The van der Waals surface area contributed by atoms with Gasteiger partial charge in [-0.25, -0.2) is 0 Å². The Morgan fingerprint density at radius 3 is 2.24 bits per heavy atom. The number of hydrogen-bond acceptors (Lipinski definition) is 9. The highest BCUT2D eigenvalue weighted by Crippen LogP contribution is 2.21. The first-order chi connectivity index (χ1) is 14.2. The van der Waals surface area contributed by atoms with Crippen LogP contribution in [0.1, 0.15) is 58.8 Å². The Labute approximate surface area is 174 Å². The molecule has 0 aromatic carbocycles. The summed E-state index contributed by atoms with van der Waals surface area (Å²) in [5, 5.41) is 6.69. The summed E-state index contributed by atoms with van der Waals surface area (Å²) < 4.78 is 16.5. The highest BCUT2D eigenvalue weighted by Gasteiger charge is 2.15. The zero-order chi connectivity index (χ0) is 20.7. The molecule has 0 unspecified atom stereocenters. The normalized spacial score (nSPS) is 15.7. The molecule has 1 fully saturated rings. The fourth-order valence-electron chi connectivity index (χ4n) is 3.19. The van der Waals surface area contributed by atoms with Crippen LogP contribution in [0.2, 0.25) is 0 Å². The number of anilines is 2. The first-order valence-electron chi connectivity index (χ1n) is 11.0. The van der Waals surface area contributed by atoms with E-state index in [2.05, 4.69) is 25.6 Å². The predicted molar refractivity (Wildman–Crippen MR) is 115 cm³/mol. The molecule has 0 aliphatic heterocycles. The van der Waals surface area contributed by atoms with Gasteiger partial charge in [-0.2, -0.15) is 15.0 Å². The van der Waals surface area contributed by atoms with Crippen molar-refractivity contribution in [3.63, 3.8) is 0 Å². The monoisotopic (exact) mass is 410 g/mol. The summed E-state index contributed by atoms with van der Waals surface area (Å²) in [7, 11) is 0. The van der Waals surface area contributed by atoms with Gasteiger partial charge in [0.2, 0.25) is 11.9 Å². The third kappa shape index (κ3) is 10.6. The first-order valence-corrected chi connectivity index (χ1v) is 11.0. The van der Waals surface area contributed by atoms with Gasteiger partial charge in [0, 0.05) is 19.1 Å². The topological polar surface area (TPSA) is 116 Å². The maximum atomic E-state index is 5.71. The fourth-order valence-corrected chi connectivity index (χ4v) is 3.19. The van der Waals surface area contributed by atoms with Gasteiger partial charge in [-0.05, 0) is 26.7 Å².